The smallest absolute Gasteiger partial charge is 0.144 e. The first kappa shape index (κ1) is 13.2. The summed E-state index contributed by atoms with van der Waals surface area (Å²) in [6.45, 7) is 8.03. The molecule has 94 valence electrons. The van der Waals surface area contributed by atoms with Crippen molar-refractivity contribution in [1.82, 2.24) is 9.97 Å². The predicted octanol–water partition coefficient (Wildman–Crippen LogP) is 3.70. The molecule has 1 saturated heterocycles. The van der Waals surface area contributed by atoms with Crippen LogP contribution in [0.4, 0.5) is 0 Å². The highest BCUT2D eigenvalue weighted by molar-refractivity contribution is 9.10. The molecule has 0 aromatic carbocycles. The van der Waals surface area contributed by atoms with Gasteiger partial charge in [0.05, 0.1) is 11.1 Å². The molecule has 2 rings (SSSR count). The normalized spacial score (nSPS) is 20.8. The maximum Gasteiger partial charge on any atom is 0.144 e. The Morgan fingerprint density at radius 1 is 1.47 bits per heavy atom. The number of hydrogen-bond donors (Lipinski definition) is 1. The Labute approximate surface area is 115 Å². The Hall–Kier alpha value is -0.260. The Morgan fingerprint density at radius 3 is 2.71 bits per heavy atom. The molecule has 1 N–H and O–H groups in total. The fourth-order valence-electron chi connectivity index (χ4n) is 1.94. The fraction of sp³-hybridized carbons (Fsp3) is 0.667. The Bertz CT molecular complexity index is 472. The zero-order valence-electron chi connectivity index (χ0n) is 10.3. The van der Waals surface area contributed by atoms with Gasteiger partial charge in [-0.2, -0.15) is 0 Å². The molecule has 5 heteroatoms. The van der Waals surface area contributed by atoms with Gasteiger partial charge in [-0.05, 0) is 22.4 Å². The average molecular weight is 317 g/mol. The lowest BCUT2D eigenvalue weighted by molar-refractivity contribution is 0.193. The Balaban J connectivity index is 2.49. The van der Waals surface area contributed by atoms with E-state index in [-0.39, 0.29) is 5.41 Å². The molecule has 1 unspecified atom stereocenters. The second-order valence-corrected chi connectivity index (χ2v) is 6.61. The van der Waals surface area contributed by atoms with Crippen LogP contribution in [0.15, 0.2) is 4.47 Å². The number of hydrogen-bond acceptors (Lipinski definition) is 3. The van der Waals surface area contributed by atoms with E-state index in [1.807, 2.05) is 0 Å². The monoisotopic (exact) mass is 316 g/mol. The van der Waals surface area contributed by atoms with Crippen LogP contribution in [0, 0.1) is 4.64 Å². The van der Waals surface area contributed by atoms with Gasteiger partial charge in [-0.15, -0.1) is 0 Å². The van der Waals surface area contributed by atoms with E-state index in [0.29, 0.717) is 10.6 Å². The number of nitrogens with zero attached hydrogens (tertiary/aromatic N) is 1. The van der Waals surface area contributed by atoms with E-state index in [1.165, 1.54) is 0 Å². The Kier molecular flexibility index (Phi) is 3.71. The molecule has 3 nitrogen and oxygen atoms in total. The molecule has 0 aliphatic carbocycles. The summed E-state index contributed by atoms with van der Waals surface area (Å²) in [5.74, 6) is 1.31. The second kappa shape index (κ2) is 4.78. The lowest BCUT2D eigenvalue weighted by atomic mass is 9.92. The zero-order valence-corrected chi connectivity index (χ0v) is 12.7. The molecule has 1 atom stereocenters. The van der Waals surface area contributed by atoms with Crippen LogP contribution in [0.1, 0.15) is 44.6 Å². The number of ether oxygens (including phenoxy) is 1. The lowest BCUT2D eigenvalue weighted by Crippen LogP contribution is -2.18. The molecule has 1 fully saturated rings. The molecule has 0 amide bonds. The largest absolute Gasteiger partial charge is 0.381 e. The van der Waals surface area contributed by atoms with Crippen molar-refractivity contribution in [1.29, 1.82) is 0 Å². The van der Waals surface area contributed by atoms with E-state index < -0.39 is 0 Å². The van der Waals surface area contributed by atoms with Crippen molar-refractivity contribution < 1.29 is 4.74 Å². The van der Waals surface area contributed by atoms with E-state index in [1.54, 1.807) is 0 Å². The predicted molar refractivity (Wildman–Crippen MR) is 74.0 cm³/mol. The highest BCUT2D eigenvalue weighted by Crippen LogP contribution is 2.31. The van der Waals surface area contributed by atoms with Crippen LogP contribution in [0.2, 0.25) is 0 Å². The molecule has 2 heterocycles. The molecule has 1 aromatic heterocycles. The summed E-state index contributed by atoms with van der Waals surface area (Å²) in [4.78, 5) is 7.89. The maximum absolute atomic E-state index is 5.40. The minimum absolute atomic E-state index is 0.0174. The minimum Gasteiger partial charge on any atom is -0.381 e. The van der Waals surface area contributed by atoms with E-state index in [9.17, 15) is 0 Å². The number of nitrogens with one attached hydrogen (secondary N) is 1. The summed E-state index contributed by atoms with van der Waals surface area (Å²) >= 11 is 8.84. The molecule has 1 aromatic rings. The standard InChI is InChI=1S/C12H17BrN2OS/c1-12(2,3)9-8(13)11(17)15-10(14-9)7-4-5-16-6-7/h7H,4-6H2,1-3H3,(H,14,15,17). The van der Waals surface area contributed by atoms with Crippen LogP contribution in [0.25, 0.3) is 0 Å². The van der Waals surface area contributed by atoms with Crippen molar-refractivity contribution in [3.05, 3.63) is 20.6 Å². The van der Waals surface area contributed by atoms with Crippen molar-refractivity contribution >= 4 is 28.1 Å². The number of H-pyrrole nitrogens is 1. The highest BCUT2D eigenvalue weighted by atomic mass is 79.9. The summed E-state index contributed by atoms with van der Waals surface area (Å²) in [6, 6.07) is 0. The minimum atomic E-state index is 0.0174. The van der Waals surface area contributed by atoms with E-state index >= 15 is 0 Å². The Morgan fingerprint density at radius 2 is 2.18 bits per heavy atom. The summed E-state index contributed by atoms with van der Waals surface area (Å²) in [5.41, 5.74) is 1.13. The van der Waals surface area contributed by atoms with Gasteiger partial charge in [-0.25, -0.2) is 4.98 Å². The summed E-state index contributed by atoms with van der Waals surface area (Å²) < 4.78 is 6.94. The van der Waals surface area contributed by atoms with Crippen molar-refractivity contribution in [3.63, 3.8) is 0 Å². The molecular weight excluding hydrogens is 300 g/mol. The van der Waals surface area contributed by atoms with Gasteiger partial charge in [0.1, 0.15) is 10.5 Å². The van der Waals surface area contributed by atoms with Gasteiger partial charge in [0.15, 0.2) is 0 Å². The topological polar surface area (TPSA) is 37.9 Å². The third-order valence-corrected chi connectivity index (χ3v) is 4.28. The number of halogens is 1. The number of aromatic nitrogens is 2. The SMILES string of the molecule is CC(C)(C)c1[nH]c(C2CCOC2)nc(=S)c1Br. The van der Waals surface area contributed by atoms with E-state index in [4.69, 9.17) is 17.0 Å². The molecule has 0 spiro atoms. The number of aromatic amines is 1. The molecule has 1 aliphatic rings. The van der Waals surface area contributed by atoms with Crippen LogP contribution < -0.4 is 0 Å². The van der Waals surface area contributed by atoms with Gasteiger partial charge in [0.25, 0.3) is 0 Å². The van der Waals surface area contributed by atoms with Gasteiger partial charge in [-0.3, -0.25) is 0 Å². The second-order valence-electron chi connectivity index (χ2n) is 5.43. The van der Waals surface area contributed by atoms with Crippen LogP contribution in [-0.2, 0) is 10.2 Å². The van der Waals surface area contributed by atoms with Crippen molar-refractivity contribution in [2.75, 3.05) is 13.2 Å². The van der Waals surface area contributed by atoms with Gasteiger partial charge >= 0.3 is 0 Å². The van der Waals surface area contributed by atoms with Gasteiger partial charge in [0, 0.05) is 23.6 Å². The van der Waals surface area contributed by atoms with Gasteiger partial charge in [0.2, 0.25) is 0 Å². The summed E-state index contributed by atoms with van der Waals surface area (Å²) in [7, 11) is 0. The quantitative estimate of drug-likeness (QED) is 0.803. The van der Waals surface area contributed by atoms with Crippen LogP contribution >= 0.6 is 28.1 Å². The molecule has 0 radical (unpaired) electrons. The first-order chi connectivity index (χ1) is 7.89. The highest BCUT2D eigenvalue weighted by Gasteiger charge is 2.24. The lowest BCUT2D eigenvalue weighted by Gasteiger charge is -2.22. The molecule has 0 saturated carbocycles. The fourth-order valence-corrected chi connectivity index (χ4v) is 2.92. The van der Waals surface area contributed by atoms with Gasteiger partial charge < -0.3 is 9.72 Å². The molecule has 0 bridgehead atoms. The maximum atomic E-state index is 5.40. The first-order valence-electron chi connectivity index (χ1n) is 5.77. The van der Waals surface area contributed by atoms with E-state index in [2.05, 4.69) is 46.7 Å². The van der Waals surface area contributed by atoms with Crippen LogP contribution in [-0.4, -0.2) is 23.2 Å². The van der Waals surface area contributed by atoms with Gasteiger partial charge in [-0.1, -0.05) is 33.0 Å². The molecule has 1 aliphatic heterocycles. The molecule has 17 heavy (non-hydrogen) atoms. The number of rotatable bonds is 1. The first-order valence-corrected chi connectivity index (χ1v) is 6.97. The third-order valence-electron chi connectivity index (χ3n) is 2.95. The third kappa shape index (κ3) is 2.77. The van der Waals surface area contributed by atoms with Crippen molar-refractivity contribution in [3.8, 4) is 0 Å². The van der Waals surface area contributed by atoms with Crippen molar-refractivity contribution in [2.24, 2.45) is 0 Å². The average Bonchev–Trinajstić information content (AvgIpc) is 2.73. The zero-order chi connectivity index (χ0) is 12.6. The van der Waals surface area contributed by atoms with E-state index in [0.717, 1.165) is 35.6 Å². The summed E-state index contributed by atoms with van der Waals surface area (Å²) in [5, 5.41) is 0. The molecular formula is C12H17BrN2OS. The van der Waals surface area contributed by atoms with Crippen LogP contribution in [0.3, 0.4) is 0 Å². The van der Waals surface area contributed by atoms with Crippen molar-refractivity contribution in [2.45, 2.75) is 38.5 Å². The summed E-state index contributed by atoms with van der Waals surface area (Å²) in [6.07, 6.45) is 1.02. The van der Waals surface area contributed by atoms with Crippen LogP contribution in [0.5, 0.6) is 0 Å².